The number of aliphatic hydroxyl groups excluding tert-OH is 1. The molecule has 14 heavy (non-hydrogen) atoms. The standard InChI is InChI=1S/C9H13NO4/c11-7-3-1-2-6(7)10-8(12)4-5-9(13)14/h4-7,11H,1-3H2,(H,10,12)(H,13,14). The van der Waals surface area contributed by atoms with Crippen LogP contribution in [0.25, 0.3) is 0 Å². The zero-order valence-electron chi connectivity index (χ0n) is 7.64. The molecule has 78 valence electrons. The average Bonchev–Trinajstić information content (AvgIpc) is 2.49. The highest BCUT2D eigenvalue weighted by atomic mass is 16.4. The molecule has 1 aliphatic rings. The fraction of sp³-hybridized carbons (Fsp3) is 0.556. The van der Waals surface area contributed by atoms with E-state index in [1.54, 1.807) is 0 Å². The number of amides is 1. The first-order valence-electron chi connectivity index (χ1n) is 4.49. The lowest BCUT2D eigenvalue weighted by Gasteiger charge is -2.14. The molecule has 1 amide bonds. The maximum absolute atomic E-state index is 11.1. The Morgan fingerprint density at radius 1 is 1.29 bits per heavy atom. The van der Waals surface area contributed by atoms with Gasteiger partial charge in [-0.15, -0.1) is 0 Å². The van der Waals surface area contributed by atoms with Crippen LogP contribution in [0, 0.1) is 0 Å². The molecule has 0 aromatic rings. The molecule has 1 saturated carbocycles. The Labute approximate surface area is 81.4 Å². The third-order valence-corrected chi connectivity index (χ3v) is 2.18. The summed E-state index contributed by atoms with van der Waals surface area (Å²) in [5.74, 6) is -1.63. The second-order valence-corrected chi connectivity index (χ2v) is 3.28. The number of aliphatic carboxylic acids is 1. The minimum atomic E-state index is -1.16. The monoisotopic (exact) mass is 199 g/mol. The van der Waals surface area contributed by atoms with Gasteiger partial charge in [-0.25, -0.2) is 4.79 Å². The first-order chi connectivity index (χ1) is 6.59. The van der Waals surface area contributed by atoms with E-state index in [2.05, 4.69) is 5.32 Å². The summed E-state index contributed by atoms with van der Waals surface area (Å²) in [7, 11) is 0. The summed E-state index contributed by atoms with van der Waals surface area (Å²) in [5, 5.41) is 20.2. The van der Waals surface area contributed by atoms with Crippen molar-refractivity contribution >= 4 is 11.9 Å². The van der Waals surface area contributed by atoms with Crippen molar-refractivity contribution in [3.63, 3.8) is 0 Å². The lowest BCUT2D eigenvalue weighted by Crippen LogP contribution is -2.39. The summed E-state index contributed by atoms with van der Waals surface area (Å²) in [4.78, 5) is 21.2. The van der Waals surface area contributed by atoms with Crippen LogP contribution in [0.3, 0.4) is 0 Å². The summed E-state index contributed by atoms with van der Waals surface area (Å²) in [6, 6.07) is -0.235. The smallest absolute Gasteiger partial charge is 0.328 e. The zero-order valence-corrected chi connectivity index (χ0v) is 7.64. The number of carbonyl (C=O) groups excluding carboxylic acids is 1. The Hall–Kier alpha value is -1.36. The Bertz CT molecular complexity index is 262. The number of carbonyl (C=O) groups is 2. The summed E-state index contributed by atoms with van der Waals surface area (Å²) in [6.45, 7) is 0. The van der Waals surface area contributed by atoms with Gasteiger partial charge < -0.3 is 15.5 Å². The van der Waals surface area contributed by atoms with Crippen molar-refractivity contribution < 1.29 is 19.8 Å². The normalized spacial score (nSPS) is 26.6. The molecular weight excluding hydrogens is 186 g/mol. The maximum atomic E-state index is 11.1. The lowest BCUT2D eigenvalue weighted by molar-refractivity contribution is -0.131. The van der Waals surface area contributed by atoms with Crippen LogP contribution < -0.4 is 5.32 Å². The Kier molecular flexibility index (Phi) is 3.64. The van der Waals surface area contributed by atoms with Crippen molar-refractivity contribution in [2.75, 3.05) is 0 Å². The molecule has 0 bridgehead atoms. The molecule has 5 heteroatoms. The molecule has 0 aliphatic heterocycles. The van der Waals surface area contributed by atoms with Gasteiger partial charge in [0.1, 0.15) is 0 Å². The third kappa shape index (κ3) is 3.18. The van der Waals surface area contributed by atoms with Crippen LogP contribution in [0.5, 0.6) is 0 Å². The number of hydrogen-bond acceptors (Lipinski definition) is 3. The summed E-state index contributed by atoms with van der Waals surface area (Å²) < 4.78 is 0. The minimum Gasteiger partial charge on any atom is -0.478 e. The molecule has 2 unspecified atom stereocenters. The summed E-state index contributed by atoms with van der Waals surface area (Å²) in [5.41, 5.74) is 0. The highest BCUT2D eigenvalue weighted by Gasteiger charge is 2.25. The van der Waals surface area contributed by atoms with E-state index >= 15 is 0 Å². The highest BCUT2D eigenvalue weighted by Crippen LogP contribution is 2.18. The minimum absolute atomic E-state index is 0.235. The van der Waals surface area contributed by atoms with Gasteiger partial charge in [-0.2, -0.15) is 0 Å². The first kappa shape index (κ1) is 10.7. The average molecular weight is 199 g/mol. The predicted molar refractivity (Wildman–Crippen MR) is 48.6 cm³/mol. The molecule has 0 aromatic carbocycles. The van der Waals surface area contributed by atoms with Crippen LogP contribution in [0.2, 0.25) is 0 Å². The van der Waals surface area contributed by atoms with Gasteiger partial charge in [-0.3, -0.25) is 4.79 Å². The Morgan fingerprint density at radius 3 is 2.50 bits per heavy atom. The van der Waals surface area contributed by atoms with E-state index < -0.39 is 18.0 Å². The van der Waals surface area contributed by atoms with Crippen molar-refractivity contribution in [2.45, 2.75) is 31.4 Å². The van der Waals surface area contributed by atoms with E-state index in [4.69, 9.17) is 5.11 Å². The van der Waals surface area contributed by atoms with E-state index in [1.165, 1.54) is 0 Å². The second kappa shape index (κ2) is 4.76. The largest absolute Gasteiger partial charge is 0.478 e. The van der Waals surface area contributed by atoms with E-state index in [0.717, 1.165) is 25.0 Å². The third-order valence-electron chi connectivity index (χ3n) is 2.18. The highest BCUT2D eigenvalue weighted by molar-refractivity contribution is 5.94. The van der Waals surface area contributed by atoms with E-state index in [-0.39, 0.29) is 6.04 Å². The Morgan fingerprint density at radius 2 is 2.00 bits per heavy atom. The molecule has 2 atom stereocenters. The summed E-state index contributed by atoms with van der Waals surface area (Å²) in [6.07, 6.45) is 3.54. The SMILES string of the molecule is O=C(O)C=CC(=O)NC1CCCC1O. The van der Waals surface area contributed by atoms with Gasteiger partial charge >= 0.3 is 5.97 Å². The molecule has 0 heterocycles. The van der Waals surface area contributed by atoms with Crippen LogP contribution in [-0.4, -0.2) is 34.2 Å². The van der Waals surface area contributed by atoms with Crippen LogP contribution in [0.1, 0.15) is 19.3 Å². The number of nitrogens with one attached hydrogen (secondary N) is 1. The Balaban J connectivity index is 2.36. The van der Waals surface area contributed by atoms with Crippen LogP contribution in [0.4, 0.5) is 0 Å². The number of carboxylic acid groups (broad SMARTS) is 1. The van der Waals surface area contributed by atoms with Gasteiger partial charge in [0.25, 0.3) is 0 Å². The van der Waals surface area contributed by atoms with Crippen molar-refractivity contribution in [1.29, 1.82) is 0 Å². The molecule has 1 fully saturated rings. The zero-order chi connectivity index (χ0) is 10.6. The molecule has 0 saturated heterocycles. The van der Waals surface area contributed by atoms with Crippen molar-refractivity contribution in [3.8, 4) is 0 Å². The van der Waals surface area contributed by atoms with Gasteiger partial charge in [0, 0.05) is 12.2 Å². The van der Waals surface area contributed by atoms with Crippen LogP contribution in [-0.2, 0) is 9.59 Å². The van der Waals surface area contributed by atoms with Gasteiger partial charge in [0.2, 0.25) is 5.91 Å². The molecule has 5 nitrogen and oxygen atoms in total. The van der Waals surface area contributed by atoms with Gasteiger partial charge in [-0.05, 0) is 19.3 Å². The van der Waals surface area contributed by atoms with Gasteiger partial charge in [-0.1, -0.05) is 0 Å². The van der Waals surface area contributed by atoms with E-state index in [9.17, 15) is 14.7 Å². The molecular formula is C9H13NO4. The van der Waals surface area contributed by atoms with E-state index in [1.807, 2.05) is 0 Å². The number of carboxylic acids is 1. The van der Waals surface area contributed by atoms with Crippen LogP contribution in [0.15, 0.2) is 12.2 Å². The number of rotatable bonds is 3. The number of aliphatic hydroxyl groups is 1. The van der Waals surface area contributed by atoms with Crippen molar-refractivity contribution in [3.05, 3.63) is 12.2 Å². The quantitative estimate of drug-likeness (QED) is 0.542. The maximum Gasteiger partial charge on any atom is 0.328 e. The first-order valence-corrected chi connectivity index (χ1v) is 4.49. The molecule has 3 N–H and O–H groups in total. The van der Waals surface area contributed by atoms with Gasteiger partial charge in [0.05, 0.1) is 12.1 Å². The molecule has 0 radical (unpaired) electrons. The fourth-order valence-electron chi connectivity index (χ4n) is 1.49. The topological polar surface area (TPSA) is 86.6 Å². The van der Waals surface area contributed by atoms with Crippen LogP contribution >= 0.6 is 0 Å². The molecule has 0 aromatic heterocycles. The molecule has 0 spiro atoms. The van der Waals surface area contributed by atoms with E-state index in [0.29, 0.717) is 6.42 Å². The summed E-state index contributed by atoms with van der Waals surface area (Å²) >= 11 is 0. The molecule has 1 aliphatic carbocycles. The van der Waals surface area contributed by atoms with Crippen molar-refractivity contribution in [1.82, 2.24) is 5.32 Å². The predicted octanol–water partition coefficient (Wildman–Crippen LogP) is -0.343. The molecule has 1 rings (SSSR count). The second-order valence-electron chi connectivity index (χ2n) is 3.28. The lowest BCUT2D eigenvalue weighted by atomic mass is 10.2. The fourth-order valence-corrected chi connectivity index (χ4v) is 1.49. The van der Waals surface area contributed by atoms with Gasteiger partial charge in [0.15, 0.2) is 0 Å². The number of hydrogen-bond donors (Lipinski definition) is 3. The van der Waals surface area contributed by atoms with Crippen molar-refractivity contribution in [2.24, 2.45) is 0 Å².